The number of aromatic hydroxyl groups is 1. The van der Waals surface area contributed by atoms with E-state index >= 15 is 0 Å². The van der Waals surface area contributed by atoms with Crippen LogP contribution in [0.1, 0.15) is 58.2 Å². The Morgan fingerprint density at radius 3 is 2.58 bits per heavy atom. The average Bonchev–Trinajstić information content (AvgIpc) is 3.34. The Morgan fingerprint density at radius 2 is 1.92 bits per heavy atom. The number of epoxide rings is 1. The Bertz CT molecular complexity index is 1370. The largest absolute Gasteiger partial charge is 0.509 e. The third-order valence-electron chi connectivity index (χ3n) is 6.26. The topological polar surface area (TPSA) is 126 Å². The van der Waals surface area contributed by atoms with Crippen molar-refractivity contribution in [3.63, 3.8) is 0 Å². The van der Waals surface area contributed by atoms with E-state index in [1.165, 1.54) is 20.1 Å². The molecule has 1 saturated heterocycles. The first-order valence-electron chi connectivity index (χ1n) is 11.5. The summed E-state index contributed by atoms with van der Waals surface area (Å²) in [5.74, 6) is 0.0914. The number of fused-ring (bicyclic) bond motifs is 6. The molecule has 192 valence electrons. The van der Waals surface area contributed by atoms with Crippen molar-refractivity contribution in [2.75, 3.05) is 13.9 Å². The van der Waals surface area contributed by atoms with Crippen LogP contribution in [0.3, 0.4) is 0 Å². The van der Waals surface area contributed by atoms with Crippen LogP contribution in [0.2, 0.25) is 0 Å². The number of carbonyl (C=O) groups excluding carboxylic acids is 2. The fraction of sp³-hybridized carbons (Fsp3) is 0.462. The van der Waals surface area contributed by atoms with Crippen molar-refractivity contribution >= 4 is 33.9 Å². The van der Waals surface area contributed by atoms with E-state index in [1.54, 1.807) is 45.9 Å². The third kappa shape index (κ3) is 3.90. The molecule has 4 atom stereocenters. The zero-order chi connectivity index (χ0) is 26.0. The molecule has 0 bridgehead atoms. The highest BCUT2D eigenvalue weighted by molar-refractivity contribution is 6.11. The fourth-order valence-corrected chi connectivity index (χ4v) is 4.80. The predicted octanol–water partition coefficient (Wildman–Crippen LogP) is 5.04. The molecule has 0 spiro atoms. The summed E-state index contributed by atoms with van der Waals surface area (Å²) in [6.45, 7) is 8.25. The van der Waals surface area contributed by atoms with Gasteiger partial charge in [0.15, 0.2) is 24.8 Å². The Kier molecular flexibility index (Phi) is 5.57. The lowest BCUT2D eigenvalue weighted by Gasteiger charge is -2.29. The van der Waals surface area contributed by atoms with Crippen LogP contribution in [-0.2, 0) is 28.5 Å². The minimum Gasteiger partial charge on any atom is -0.507 e. The lowest BCUT2D eigenvalue weighted by Crippen LogP contribution is -2.35. The number of furan rings is 1. The van der Waals surface area contributed by atoms with Gasteiger partial charge in [-0.25, -0.2) is 4.79 Å². The van der Waals surface area contributed by atoms with Gasteiger partial charge in [0, 0.05) is 30.4 Å². The number of rotatable bonds is 5. The molecule has 0 saturated carbocycles. The maximum absolute atomic E-state index is 12.7. The molecule has 1 N–H and O–H groups in total. The number of phenols is 1. The molecule has 1 aliphatic carbocycles. The van der Waals surface area contributed by atoms with Crippen molar-refractivity contribution in [1.29, 1.82) is 0 Å². The lowest BCUT2D eigenvalue weighted by atomic mass is 9.83. The van der Waals surface area contributed by atoms with E-state index in [-0.39, 0.29) is 18.3 Å². The van der Waals surface area contributed by atoms with Gasteiger partial charge in [-0.2, -0.15) is 0 Å². The van der Waals surface area contributed by atoms with Crippen molar-refractivity contribution in [1.82, 2.24) is 0 Å². The molecule has 10 nitrogen and oxygen atoms in total. The first-order chi connectivity index (χ1) is 16.9. The first-order valence-corrected chi connectivity index (χ1v) is 11.5. The van der Waals surface area contributed by atoms with Crippen LogP contribution in [-0.4, -0.2) is 48.4 Å². The standard InChI is InChI=1S/C26H28O10/c1-12(27)32-22-20-18(21(23-26(22,5)35-23)34-24(29)36-25(2,3)4)14-10-15(28)17-13(19(14)33-20)8-7-9-16(17)31-11-30-6/h7-10,21-23,28H,11H2,1-6H3/t21-,22+,23-,26+/m0/s1. The zero-order valence-electron chi connectivity index (χ0n) is 20.9. The molecule has 0 radical (unpaired) electrons. The van der Waals surface area contributed by atoms with Gasteiger partial charge in [-0.3, -0.25) is 4.79 Å². The maximum atomic E-state index is 12.7. The molecule has 3 aromatic rings. The van der Waals surface area contributed by atoms with Crippen molar-refractivity contribution in [2.24, 2.45) is 0 Å². The molecule has 2 aliphatic rings. The number of hydrogen-bond acceptors (Lipinski definition) is 10. The fourth-order valence-electron chi connectivity index (χ4n) is 4.80. The summed E-state index contributed by atoms with van der Waals surface area (Å²) in [6.07, 6.45) is -3.29. The Hall–Kier alpha value is -3.50. The molecule has 5 rings (SSSR count). The highest BCUT2D eigenvalue weighted by atomic mass is 16.8. The van der Waals surface area contributed by atoms with Crippen molar-refractivity contribution in [3.05, 3.63) is 35.6 Å². The summed E-state index contributed by atoms with van der Waals surface area (Å²) in [5, 5.41) is 12.5. The van der Waals surface area contributed by atoms with Crippen molar-refractivity contribution in [2.45, 2.75) is 64.1 Å². The quantitative estimate of drug-likeness (QED) is 0.289. The number of phenolic OH excluding ortho intramolecular Hbond substituents is 1. The maximum Gasteiger partial charge on any atom is 0.509 e. The zero-order valence-corrected chi connectivity index (χ0v) is 20.9. The molecule has 1 aromatic heterocycles. The molecule has 0 unspecified atom stereocenters. The minimum absolute atomic E-state index is 0.0110. The summed E-state index contributed by atoms with van der Waals surface area (Å²) in [7, 11) is 1.50. The van der Waals surface area contributed by atoms with Gasteiger partial charge in [-0.1, -0.05) is 12.1 Å². The van der Waals surface area contributed by atoms with E-state index < -0.39 is 41.6 Å². The van der Waals surface area contributed by atoms with E-state index in [0.717, 1.165) is 0 Å². The van der Waals surface area contributed by atoms with Gasteiger partial charge >= 0.3 is 12.1 Å². The number of hydrogen-bond donors (Lipinski definition) is 1. The number of benzene rings is 2. The Morgan fingerprint density at radius 1 is 1.17 bits per heavy atom. The Balaban J connectivity index is 1.71. The molecule has 2 aromatic carbocycles. The molecule has 36 heavy (non-hydrogen) atoms. The SMILES string of the molecule is COCOc1cccc2c1c(O)cc1c3c(oc12)[C@@H](OC(C)=O)[C@@]1(C)O[C@H]1[C@H]3OC(=O)OC(C)(C)C. The van der Waals surface area contributed by atoms with Crippen LogP contribution in [0, 0.1) is 0 Å². The minimum atomic E-state index is -0.968. The van der Waals surface area contributed by atoms with Crippen LogP contribution in [0.15, 0.2) is 28.7 Å². The highest BCUT2D eigenvalue weighted by Gasteiger charge is 2.70. The summed E-state index contributed by atoms with van der Waals surface area (Å²) in [4.78, 5) is 24.6. The second-order valence-corrected chi connectivity index (χ2v) is 10.1. The van der Waals surface area contributed by atoms with E-state index in [0.29, 0.717) is 33.1 Å². The lowest BCUT2D eigenvalue weighted by molar-refractivity contribution is -0.152. The molecule has 10 heteroatoms. The normalized spacial score (nSPS) is 24.7. The molecule has 2 heterocycles. The summed E-state index contributed by atoms with van der Waals surface area (Å²) < 4.78 is 39.6. The summed E-state index contributed by atoms with van der Waals surface area (Å²) in [5.41, 5.74) is -0.879. The monoisotopic (exact) mass is 500 g/mol. The van der Waals surface area contributed by atoms with Crippen LogP contribution >= 0.6 is 0 Å². The molecular weight excluding hydrogens is 472 g/mol. The summed E-state index contributed by atoms with van der Waals surface area (Å²) >= 11 is 0. The third-order valence-corrected chi connectivity index (χ3v) is 6.26. The second-order valence-electron chi connectivity index (χ2n) is 10.1. The number of methoxy groups -OCH3 is 1. The highest BCUT2D eigenvalue weighted by Crippen LogP contribution is 2.62. The molecule has 1 fully saturated rings. The van der Waals surface area contributed by atoms with Gasteiger partial charge in [0.05, 0.1) is 5.39 Å². The molecule has 1 aliphatic heterocycles. The van der Waals surface area contributed by atoms with Crippen LogP contribution < -0.4 is 4.74 Å². The molecular formula is C26H28O10. The van der Waals surface area contributed by atoms with Crippen molar-refractivity contribution in [3.8, 4) is 11.5 Å². The second kappa shape index (κ2) is 8.28. The smallest absolute Gasteiger partial charge is 0.507 e. The number of esters is 1. The number of carbonyl (C=O) groups is 2. The summed E-state index contributed by atoms with van der Waals surface area (Å²) in [6, 6.07) is 6.75. The first kappa shape index (κ1) is 24.2. The van der Waals surface area contributed by atoms with E-state index in [2.05, 4.69) is 0 Å². The predicted molar refractivity (Wildman–Crippen MR) is 126 cm³/mol. The number of ether oxygens (including phenoxy) is 6. The van der Waals surface area contributed by atoms with Crippen LogP contribution in [0.25, 0.3) is 21.7 Å². The van der Waals surface area contributed by atoms with Crippen LogP contribution in [0.4, 0.5) is 4.79 Å². The van der Waals surface area contributed by atoms with Gasteiger partial charge in [0.1, 0.15) is 34.4 Å². The van der Waals surface area contributed by atoms with E-state index in [4.69, 9.17) is 32.8 Å². The van der Waals surface area contributed by atoms with Gasteiger partial charge in [-0.05, 0) is 39.8 Å². The molecule has 0 amide bonds. The Labute approximate surface area is 206 Å². The van der Waals surface area contributed by atoms with Crippen LogP contribution in [0.5, 0.6) is 11.5 Å². The van der Waals surface area contributed by atoms with Gasteiger partial charge in [0.2, 0.25) is 0 Å². The van der Waals surface area contributed by atoms with Gasteiger partial charge < -0.3 is 37.9 Å². The average molecular weight is 501 g/mol. The van der Waals surface area contributed by atoms with Gasteiger partial charge in [-0.15, -0.1) is 0 Å². The van der Waals surface area contributed by atoms with Gasteiger partial charge in [0.25, 0.3) is 0 Å². The van der Waals surface area contributed by atoms with E-state index in [1.807, 2.05) is 0 Å². The van der Waals surface area contributed by atoms with Crippen molar-refractivity contribution < 1.29 is 47.5 Å². The van der Waals surface area contributed by atoms with E-state index in [9.17, 15) is 14.7 Å².